The summed E-state index contributed by atoms with van der Waals surface area (Å²) in [4.78, 5) is 10.1. The predicted octanol–water partition coefficient (Wildman–Crippen LogP) is 10.4. The van der Waals surface area contributed by atoms with E-state index in [1.807, 2.05) is 12.3 Å². The molecular formula is C42H25N5. The molecule has 5 heterocycles. The monoisotopic (exact) mass is 599 g/mol. The van der Waals surface area contributed by atoms with Gasteiger partial charge in [0.25, 0.3) is 0 Å². The Morgan fingerprint density at radius 1 is 0.383 bits per heavy atom. The van der Waals surface area contributed by atoms with Gasteiger partial charge in [-0.15, -0.1) is 0 Å². The van der Waals surface area contributed by atoms with E-state index >= 15 is 0 Å². The standard InChI is InChI=1S/C42H25N5/c1-3-12-26(13-4-1)45-34-19-9-7-16-29(34)39-36(45)21-22-37-40(39)32-24-30-28-17-11-23-43-41(28)47-35-20-10-8-18-33(35)44-42(47)31(30)25-38(32)46(37)27-14-5-2-6-15-27/h1-25H. The number of benzene rings is 6. The normalized spacial score (nSPS) is 12.3. The van der Waals surface area contributed by atoms with Gasteiger partial charge in [0.05, 0.1) is 33.1 Å². The van der Waals surface area contributed by atoms with Crippen LogP contribution in [0.5, 0.6) is 0 Å². The van der Waals surface area contributed by atoms with E-state index in [0.717, 1.165) is 55.4 Å². The van der Waals surface area contributed by atoms with Crippen LogP contribution >= 0.6 is 0 Å². The van der Waals surface area contributed by atoms with Crippen molar-refractivity contribution in [1.29, 1.82) is 0 Å². The van der Waals surface area contributed by atoms with Crippen molar-refractivity contribution < 1.29 is 0 Å². The molecule has 0 spiro atoms. The maximum Gasteiger partial charge on any atom is 0.147 e. The highest BCUT2D eigenvalue weighted by atomic mass is 15.1. The topological polar surface area (TPSA) is 40.1 Å². The summed E-state index contributed by atoms with van der Waals surface area (Å²) in [6, 6.07) is 52.1. The first-order valence-corrected chi connectivity index (χ1v) is 15.9. The molecular weight excluding hydrogens is 574 g/mol. The van der Waals surface area contributed by atoms with Gasteiger partial charge in [0, 0.05) is 49.9 Å². The highest BCUT2D eigenvalue weighted by Gasteiger charge is 2.23. The zero-order valence-electron chi connectivity index (χ0n) is 25.2. The number of pyridine rings is 2. The summed E-state index contributed by atoms with van der Waals surface area (Å²) in [5.41, 5.74) is 10.9. The Hall–Kier alpha value is -6.46. The van der Waals surface area contributed by atoms with Gasteiger partial charge >= 0.3 is 0 Å². The first-order chi connectivity index (χ1) is 23.3. The van der Waals surface area contributed by atoms with Gasteiger partial charge in [0.1, 0.15) is 11.3 Å². The lowest BCUT2D eigenvalue weighted by molar-refractivity contribution is 1.17. The second-order valence-electron chi connectivity index (χ2n) is 12.3. The molecule has 0 N–H and O–H groups in total. The molecule has 5 heteroatoms. The third-order valence-electron chi connectivity index (χ3n) is 9.82. The molecule has 5 nitrogen and oxygen atoms in total. The van der Waals surface area contributed by atoms with Gasteiger partial charge in [0.15, 0.2) is 0 Å². The van der Waals surface area contributed by atoms with Crippen LogP contribution in [0.3, 0.4) is 0 Å². The van der Waals surface area contributed by atoms with Gasteiger partial charge in [-0.25, -0.2) is 9.97 Å². The van der Waals surface area contributed by atoms with Crippen molar-refractivity contribution in [2.75, 3.05) is 0 Å². The number of hydrogen-bond donors (Lipinski definition) is 0. The third kappa shape index (κ3) is 3.22. The van der Waals surface area contributed by atoms with Gasteiger partial charge in [-0.05, 0) is 84.2 Å². The minimum atomic E-state index is 0.917. The minimum absolute atomic E-state index is 0.917. The largest absolute Gasteiger partial charge is 0.309 e. The zero-order chi connectivity index (χ0) is 30.6. The maximum atomic E-state index is 5.19. The molecule has 218 valence electrons. The molecule has 5 aromatic heterocycles. The fraction of sp³-hybridized carbons (Fsp3) is 0. The first-order valence-electron chi connectivity index (χ1n) is 15.9. The number of rotatable bonds is 2. The van der Waals surface area contributed by atoms with Crippen LogP contribution in [0.2, 0.25) is 0 Å². The maximum absolute atomic E-state index is 5.19. The smallest absolute Gasteiger partial charge is 0.147 e. The summed E-state index contributed by atoms with van der Waals surface area (Å²) in [5.74, 6) is 0. The van der Waals surface area contributed by atoms with Gasteiger partial charge < -0.3 is 9.13 Å². The zero-order valence-corrected chi connectivity index (χ0v) is 25.2. The van der Waals surface area contributed by atoms with Crippen molar-refractivity contribution in [1.82, 2.24) is 23.5 Å². The van der Waals surface area contributed by atoms with Gasteiger partial charge in [0.2, 0.25) is 0 Å². The molecule has 0 saturated heterocycles. The van der Waals surface area contributed by atoms with Crippen LogP contribution in [-0.2, 0) is 0 Å². The quantitative estimate of drug-likeness (QED) is 0.186. The van der Waals surface area contributed by atoms with Crippen molar-refractivity contribution in [3.8, 4) is 11.4 Å². The Labute approximate surface area is 268 Å². The molecule has 0 aliphatic heterocycles. The molecule has 0 fully saturated rings. The lowest BCUT2D eigenvalue weighted by Crippen LogP contribution is -1.96. The van der Waals surface area contributed by atoms with Crippen molar-refractivity contribution in [3.63, 3.8) is 0 Å². The van der Waals surface area contributed by atoms with Crippen molar-refractivity contribution in [2.24, 2.45) is 0 Å². The Morgan fingerprint density at radius 2 is 1.00 bits per heavy atom. The Balaban J connectivity index is 1.41. The number of nitrogens with zero attached hydrogens (tertiary/aromatic N) is 5. The average molecular weight is 600 g/mol. The Bertz CT molecular complexity index is 3060. The number of imidazole rings is 1. The fourth-order valence-corrected chi connectivity index (χ4v) is 7.94. The average Bonchev–Trinajstić information content (AvgIpc) is 3.79. The molecule has 0 radical (unpaired) electrons. The van der Waals surface area contributed by atoms with Crippen LogP contribution in [0.4, 0.5) is 0 Å². The fourth-order valence-electron chi connectivity index (χ4n) is 7.94. The highest BCUT2D eigenvalue weighted by Crippen LogP contribution is 2.44. The van der Waals surface area contributed by atoms with Crippen molar-refractivity contribution in [3.05, 3.63) is 152 Å². The van der Waals surface area contributed by atoms with E-state index in [0.29, 0.717) is 0 Å². The van der Waals surface area contributed by atoms with E-state index in [1.165, 1.54) is 38.1 Å². The summed E-state index contributed by atoms with van der Waals surface area (Å²) >= 11 is 0. The molecule has 0 aliphatic rings. The van der Waals surface area contributed by atoms with E-state index in [1.54, 1.807) is 0 Å². The highest BCUT2D eigenvalue weighted by molar-refractivity contribution is 6.31. The lowest BCUT2D eigenvalue weighted by Gasteiger charge is -2.11. The van der Waals surface area contributed by atoms with Crippen LogP contribution in [-0.4, -0.2) is 23.5 Å². The summed E-state index contributed by atoms with van der Waals surface area (Å²) in [7, 11) is 0. The Kier molecular flexibility index (Phi) is 4.78. The number of para-hydroxylation sites is 5. The molecule has 0 atom stereocenters. The number of fused-ring (bicyclic) bond motifs is 15. The molecule has 0 bridgehead atoms. The second kappa shape index (κ2) is 9.05. The van der Waals surface area contributed by atoms with Crippen LogP contribution in [0, 0.1) is 0 Å². The lowest BCUT2D eigenvalue weighted by atomic mass is 10.0. The van der Waals surface area contributed by atoms with E-state index in [9.17, 15) is 0 Å². The predicted molar refractivity (Wildman–Crippen MR) is 194 cm³/mol. The van der Waals surface area contributed by atoms with Gasteiger partial charge in [-0.1, -0.05) is 66.7 Å². The molecule has 0 amide bonds. The molecule has 0 unspecified atom stereocenters. The molecule has 11 rings (SSSR count). The summed E-state index contributed by atoms with van der Waals surface area (Å²) < 4.78 is 7.04. The third-order valence-corrected chi connectivity index (χ3v) is 9.82. The van der Waals surface area contributed by atoms with E-state index in [4.69, 9.17) is 9.97 Å². The second-order valence-corrected chi connectivity index (χ2v) is 12.3. The number of hydrogen-bond acceptors (Lipinski definition) is 2. The van der Waals surface area contributed by atoms with Gasteiger partial charge in [-0.2, -0.15) is 0 Å². The number of aromatic nitrogens is 5. The molecule has 47 heavy (non-hydrogen) atoms. The van der Waals surface area contributed by atoms with Crippen LogP contribution in [0.25, 0.3) is 93.5 Å². The molecule has 6 aromatic carbocycles. The summed E-state index contributed by atoms with van der Waals surface area (Å²) in [5, 5.41) is 8.33. The van der Waals surface area contributed by atoms with E-state index in [2.05, 4.69) is 153 Å². The first kappa shape index (κ1) is 24.8. The molecule has 0 saturated carbocycles. The van der Waals surface area contributed by atoms with E-state index < -0.39 is 0 Å². The summed E-state index contributed by atoms with van der Waals surface area (Å²) in [6.45, 7) is 0. The van der Waals surface area contributed by atoms with Crippen LogP contribution in [0.1, 0.15) is 0 Å². The Morgan fingerprint density at radius 3 is 1.77 bits per heavy atom. The molecule has 0 aliphatic carbocycles. The van der Waals surface area contributed by atoms with Crippen LogP contribution < -0.4 is 0 Å². The minimum Gasteiger partial charge on any atom is -0.309 e. The van der Waals surface area contributed by atoms with Gasteiger partial charge in [-0.3, -0.25) is 4.40 Å². The van der Waals surface area contributed by atoms with E-state index in [-0.39, 0.29) is 0 Å². The molecule has 11 aromatic rings. The SMILES string of the molecule is c1ccc(-n2c3ccccc3c3c4c5cc6c7cccnc7n7c8ccccc8nc7c6cc5n(-c5ccccc5)c4ccc32)cc1. The van der Waals surface area contributed by atoms with Crippen LogP contribution in [0.15, 0.2) is 152 Å². The van der Waals surface area contributed by atoms with Crippen molar-refractivity contribution >= 4 is 82.1 Å². The van der Waals surface area contributed by atoms with Crippen molar-refractivity contribution in [2.45, 2.75) is 0 Å². The summed E-state index contributed by atoms with van der Waals surface area (Å²) in [6.07, 6.45) is 1.88.